The summed E-state index contributed by atoms with van der Waals surface area (Å²) < 4.78 is 13.5. The SMILES string of the molecule is C[C@@H]1CC[C@@]2(OC1)O[C@H]1C[C@H]3[C@@H]4CC[C@H]5C[C@H](NC(=O)CC(=O)N6CCN(CCN7CCCC7)CC6)CC[C@]5(C)[C@H]4CC[C@]3(C)[C@H]1[C@@H]2C. The van der Waals surface area contributed by atoms with E-state index < -0.39 is 0 Å². The molecule has 8 heteroatoms. The van der Waals surface area contributed by atoms with Crippen molar-refractivity contribution in [2.24, 2.45) is 52.3 Å². The molecule has 4 saturated carbocycles. The second-order valence-electron chi connectivity index (χ2n) is 18.7. The van der Waals surface area contributed by atoms with Crippen LogP contribution in [-0.2, 0) is 19.1 Å². The molecule has 0 aromatic heterocycles. The first-order valence-corrected chi connectivity index (χ1v) is 20.4. The summed E-state index contributed by atoms with van der Waals surface area (Å²) in [6.45, 7) is 18.9. The number of nitrogens with zero attached hydrogens (tertiary/aromatic N) is 3. The zero-order valence-corrected chi connectivity index (χ0v) is 30.7. The van der Waals surface area contributed by atoms with Crippen LogP contribution in [-0.4, -0.2) is 103 Å². The van der Waals surface area contributed by atoms with Crippen LogP contribution in [0.3, 0.4) is 0 Å². The van der Waals surface area contributed by atoms with Gasteiger partial charge in [-0.2, -0.15) is 0 Å². The smallest absolute Gasteiger partial charge is 0.232 e. The van der Waals surface area contributed by atoms with Crippen molar-refractivity contribution in [1.82, 2.24) is 20.0 Å². The molecule has 4 saturated heterocycles. The van der Waals surface area contributed by atoms with E-state index in [1.54, 1.807) is 0 Å². The van der Waals surface area contributed by atoms with Gasteiger partial charge in [0.15, 0.2) is 5.79 Å². The van der Waals surface area contributed by atoms with Crippen molar-refractivity contribution in [2.75, 3.05) is 59.0 Å². The normalized spacial score (nSPS) is 47.8. The molecule has 8 fully saturated rings. The Kier molecular flexibility index (Phi) is 9.24. The Balaban J connectivity index is 0.820. The van der Waals surface area contributed by atoms with Gasteiger partial charge in [-0.1, -0.05) is 27.7 Å². The van der Waals surface area contributed by atoms with E-state index in [0.717, 1.165) is 82.9 Å². The predicted octanol–water partition coefficient (Wildman–Crippen LogP) is 5.55. The number of hydrogen-bond acceptors (Lipinski definition) is 6. The maximum Gasteiger partial charge on any atom is 0.232 e. The largest absolute Gasteiger partial charge is 0.353 e. The monoisotopic (exact) mass is 667 g/mol. The fraction of sp³-hybridized carbons (Fsp3) is 0.950. The van der Waals surface area contributed by atoms with Crippen LogP contribution in [0.5, 0.6) is 0 Å². The zero-order chi connectivity index (χ0) is 33.3. The van der Waals surface area contributed by atoms with Crippen LogP contribution in [0.25, 0.3) is 0 Å². The highest BCUT2D eigenvalue weighted by Gasteiger charge is 2.69. The van der Waals surface area contributed by atoms with E-state index in [9.17, 15) is 9.59 Å². The average molecular weight is 667 g/mol. The molecule has 8 rings (SSSR count). The highest BCUT2D eigenvalue weighted by atomic mass is 16.7. The molecule has 0 aromatic carbocycles. The number of rotatable bonds is 6. The van der Waals surface area contributed by atoms with Gasteiger partial charge < -0.3 is 24.6 Å². The van der Waals surface area contributed by atoms with Crippen molar-refractivity contribution >= 4 is 11.8 Å². The third-order valence-electron chi connectivity index (χ3n) is 16.3. The highest BCUT2D eigenvalue weighted by molar-refractivity contribution is 5.97. The van der Waals surface area contributed by atoms with Gasteiger partial charge in [0.25, 0.3) is 0 Å². The predicted molar refractivity (Wildman–Crippen MR) is 187 cm³/mol. The lowest BCUT2D eigenvalue weighted by atomic mass is 9.44. The van der Waals surface area contributed by atoms with Gasteiger partial charge in [0.1, 0.15) is 6.42 Å². The maximum absolute atomic E-state index is 13.2. The van der Waals surface area contributed by atoms with Gasteiger partial charge in [-0.3, -0.25) is 14.5 Å². The Morgan fingerprint density at radius 2 is 1.52 bits per heavy atom. The van der Waals surface area contributed by atoms with Crippen molar-refractivity contribution < 1.29 is 19.1 Å². The van der Waals surface area contributed by atoms with Crippen molar-refractivity contribution in [3.63, 3.8) is 0 Å². The van der Waals surface area contributed by atoms with Crippen molar-refractivity contribution in [3.05, 3.63) is 0 Å². The summed E-state index contributed by atoms with van der Waals surface area (Å²) >= 11 is 0. The van der Waals surface area contributed by atoms with E-state index in [1.807, 2.05) is 4.90 Å². The Hall–Kier alpha value is -1.22. The maximum atomic E-state index is 13.2. The minimum atomic E-state index is -0.328. The third-order valence-corrected chi connectivity index (χ3v) is 16.3. The number of nitrogens with one attached hydrogen (secondary N) is 1. The summed E-state index contributed by atoms with van der Waals surface area (Å²) in [6.07, 6.45) is 15.2. The molecule has 4 aliphatic heterocycles. The van der Waals surface area contributed by atoms with Gasteiger partial charge in [-0.05, 0) is 130 Å². The van der Waals surface area contributed by atoms with Gasteiger partial charge in [0, 0.05) is 57.6 Å². The molecular weight excluding hydrogens is 600 g/mol. The van der Waals surface area contributed by atoms with Crippen LogP contribution in [0, 0.1) is 52.3 Å². The van der Waals surface area contributed by atoms with E-state index in [0.29, 0.717) is 40.6 Å². The summed E-state index contributed by atoms with van der Waals surface area (Å²) in [5.41, 5.74) is 0.728. The van der Waals surface area contributed by atoms with Crippen molar-refractivity contribution in [2.45, 2.75) is 129 Å². The second-order valence-corrected chi connectivity index (χ2v) is 18.7. The van der Waals surface area contributed by atoms with Crippen molar-refractivity contribution in [3.8, 4) is 0 Å². The van der Waals surface area contributed by atoms with E-state index in [1.165, 1.54) is 70.9 Å². The van der Waals surface area contributed by atoms with Crippen LogP contribution in [0.15, 0.2) is 0 Å². The van der Waals surface area contributed by atoms with Crippen molar-refractivity contribution in [1.29, 1.82) is 0 Å². The number of carbonyl (C=O) groups is 2. The van der Waals surface area contributed by atoms with E-state index in [-0.39, 0.29) is 30.1 Å². The van der Waals surface area contributed by atoms with E-state index >= 15 is 0 Å². The van der Waals surface area contributed by atoms with Crippen LogP contribution in [0.2, 0.25) is 0 Å². The summed E-state index contributed by atoms with van der Waals surface area (Å²) in [6, 6.07) is 0.214. The minimum Gasteiger partial charge on any atom is -0.353 e. The topological polar surface area (TPSA) is 74.3 Å². The van der Waals surface area contributed by atoms with E-state index in [4.69, 9.17) is 9.47 Å². The number of ether oxygens (including phenoxy) is 2. The number of amides is 2. The minimum absolute atomic E-state index is 0.00531. The molecule has 0 unspecified atom stereocenters. The van der Waals surface area contributed by atoms with Gasteiger partial charge in [-0.25, -0.2) is 0 Å². The Bertz CT molecular complexity index is 1190. The Morgan fingerprint density at radius 3 is 2.25 bits per heavy atom. The molecule has 270 valence electrons. The molecule has 4 heterocycles. The number of likely N-dealkylation sites (tertiary alicyclic amines) is 1. The molecular formula is C40H66N4O4. The number of carbonyl (C=O) groups excluding carboxylic acids is 2. The van der Waals surface area contributed by atoms with Crippen LogP contribution in [0.1, 0.15) is 111 Å². The summed E-state index contributed by atoms with van der Waals surface area (Å²) in [4.78, 5) is 33.2. The lowest BCUT2D eigenvalue weighted by Gasteiger charge is -2.61. The molecule has 8 aliphatic rings. The van der Waals surface area contributed by atoms with Gasteiger partial charge >= 0.3 is 0 Å². The fourth-order valence-corrected chi connectivity index (χ4v) is 13.4. The summed E-state index contributed by atoms with van der Waals surface area (Å²) in [7, 11) is 0. The molecule has 4 aliphatic carbocycles. The average Bonchev–Trinajstić information content (AvgIpc) is 3.77. The molecule has 1 N–H and O–H groups in total. The van der Waals surface area contributed by atoms with Gasteiger partial charge in [0.2, 0.25) is 11.8 Å². The first kappa shape index (κ1) is 33.9. The molecule has 2 amide bonds. The quantitative estimate of drug-likeness (QED) is 0.375. The summed E-state index contributed by atoms with van der Waals surface area (Å²) in [5, 5.41) is 3.35. The van der Waals surface area contributed by atoms with Crippen LogP contribution < -0.4 is 5.32 Å². The molecule has 48 heavy (non-hydrogen) atoms. The number of piperazine rings is 1. The zero-order valence-electron chi connectivity index (χ0n) is 30.7. The Morgan fingerprint density at radius 1 is 0.792 bits per heavy atom. The first-order chi connectivity index (χ1) is 23.1. The lowest BCUT2D eigenvalue weighted by molar-refractivity contribution is -0.273. The molecule has 8 nitrogen and oxygen atoms in total. The highest BCUT2D eigenvalue weighted by Crippen LogP contribution is 2.71. The van der Waals surface area contributed by atoms with Gasteiger partial charge in [0.05, 0.1) is 12.7 Å². The standard InChI is InChI=1S/C40H66N4O4/c1-27-9-14-40(47-26-27)28(2)37-34(48-40)24-33-31-8-7-29-23-30(10-12-38(29,3)32(31)11-13-39(33,37)4)41-35(45)25-36(46)44-21-19-43(20-22-44)18-17-42-15-5-6-16-42/h27-34,37H,5-26H2,1-4H3,(H,41,45)/t27-,28+,29+,30-,31-,32+,33+,34+,37+,38+,39+,40-/m1/s1. The van der Waals surface area contributed by atoms with E-state index in [2.05, 4.69) is 42.8 Å². The fourth-order valence-electron chi connectivity index (χ4n) is 13.4. The Labute approximate surface area is 290 Å². The van der Waals surface area contributed by atoms with Crippen LogP contribution in [0.4, 0.5) is 0 Å². The third kappa shape index (κ3) is 5.88. The molecule has 0 aromatic rings. The molecule has 0 bridgehead atoms. The van der Waals surface area contributed by atoms with Crippen LogP contribution >= 0.6 is 0 Å². The lowest BCUT2D eigenvalue weighted by Crippen LogP contribution is -2.56. The number of hydrogen-bond donors (Lipinski definition) is 1. The second kappa shape index (κ2) is 13.1. The molecule has 12 atom stereocenters. The summed E-state index contributed by atoms with van der Waals surface area (Å²) in [5.74, 6) is 4.40. The number of fused-ring (bicyclic) bond motifs is 7. The molecule has 0 radical (unpaired) electrons. The van der Waals surface area contributed by atoms with Gasteiger partial charge in [-0.15, -0.1) is 0 Å². The first-order valence-electron chi connectivity index (χ1n) is 20.4. The molecule has 1 spiro atoms.